The summed E-state index contributed by atoms with van der Waals surface area (Å²) in [6.45, 7) is 1.38. The van der Waals surface area contributed by atoms with Crippen LogP contribution in [0, 0.1) is 0 Å². The van der Waals surface area contributed by atoms with Crippen molar-refractivity contribution in [2.45, 2.75) is 19.3 Å². The molecule has 0 saturated heterocycles. The van der Waals surface area contributed by atoms with Crippen LogP contribution in [0.15, 0.2) is 30.3 Å². The molecule has 1 rings (SSSR count). The predicted octanol–water partition coefficient (Wildman–Crippen LogP) is 1.65. The van der Waals surface area contributed by atoms with Crippen molar-refractivity contribution in [1.29, 1.82) is 0 Å². The van der Waals surface area contributed by atoms with Crippen LogP contribution in [0.25, 0.3) is 6.08 Å². The van der Waals surface area contributed by atoms with Gasteiger partial charge in [0, 0.05) is 12.6 Å². The zero-order valence-electron chi connectivity index (χ0n) is 10.4. The number of carbonyl (C=O) groups is 1. The second kappa shape index (κ2) is 8.31. The second-order valence-corrected chi connectivity index (χ2v) is 4.07. The zero-order chi connectivity index (χ0) is 13.2. The van der Waals surface area contributed by atoms with E-state index in [0.29, 0.717) is 13.1 Å². The molecule has 0 aliphatic heterocycles. The molecule has 1 amide bonds. The maximum absolute atomic E-state index is 11.4. The van der Waals surface area contributed by atoms with Crippen molar-refractivity contribution in [2.24, 2.45) is 5.73 Å². The number of nitrogens with one attached hydrogen (secondary N) is 1. The van der Waals surface area contributed by atoms with E-state index in [-0.39, 0.29) is 11.7 Å². The third kappa shape index (κ3) is 6.06. The van der Waals surface area contributed by atoms with Gasteiger partial charge in [-0.2, -0.15) is 0 Å². The minimum absolute atomic E-state index is 0.101. The van der Waals surface area contributed by atoms with E-state index in [2.05, 4.69) is 5.32 Å². The molecule has 0 unspecified atom stereocenters. The van der Waals surface area contributed by atoms with Gasteiger partial charge in [-0.3, -0.25) is 4.79 Å². The number of hydrogen-bond acceptors (Lipinski definition) is 3. The van der Waals surface area contributed by atoms with Crippen LogP contribution in [0.4, 0.5) is 0 Å². The van der Waals surface area contributed by atoms with E-state index in [1.54, 1.807) is 30.3 Å². The van der Waals surface area contributed by atoms with Crippen molar-refractivity contribution in [3.8, 4) is 5.75 Å². The monoisotopic (exact) mass is 248 g/mol. The summed E-state index contributed by atoms with van der Waals surface area (Å²) in [5.41, 5.74) is 6.26. The van der Waals surface area contributed by atoms with Crippen LogP contribution in [0.2, 0.25) is 0 Å². The van der Waals surface area contributed by atoms with Crippen molar-refractivity contribution in [2.75, 3.05) is 13.1 Å². The van der Waals surface area contributed by atoms with Gasteiger partial charge in [-0.25, -0.2) is 0 Å². The number of carbonyl (C=O) groups excluding carboxylic acids is 1. The normalized spacial score (nSPS) is 10.7. The fourth-order valence-corrected chi connectivity index (χ4v) is 1.47. The number of nitrogens with two attached hydrogens (primary N) is 1. The third-order valence-electron chi connectivity index (χ3n) is 2.50. The van der Waals surface area contributed by atoms with E-state index in [4.69, 9.17) is 10.8 Å². The van der Waals surface area contributed by atoms with Crippen LogP contribution in [0.1, 0.15) is 24.8 Å². The highest BCUT2D eigenvalue weighted by molar-refractivity contribution is 5.91. The molecule has 0 fully saturated rings. The number of benzene rings is 1. The molecule has 0 radical (unpaired) electrons. The molecule has 4 heteroatoms. The molecule has 98 valence electrons. The number of unbranched alkanes of at least 4 members (excludes halogenated alkanes) is 2. The Morgan fingerprint density at radius 3 is 2.61 bits per heavy atom. The smallest absolute Gasteiger partial charge is 0.243 e. The highest BCUT2D eigenvalue weighted by Crippen LogP contribution is 2.10. The Kier molecular flexibility index (Phi) is 6.58. The Hall–Kier alpha value is -1.81. The fraction of sp³-hybridized carbons (Fsp3) is 0.357. The molecule has 0 heterocycles. The topological polar surface area (TPSA) is 75.3 Å². The standard InChI is InChI=1S/C14H20N2O2/c15-10-2-1-3-11-16-14(18)9-6-12-4-7-13(17)8-5-12/h4-9,17H,1-3,10-11,15H2,(H,16,18)/b9-6+. The second-order valence-electron chi connectivity index (χ2n) is 4.07. The van der Waals surface area contributed by atoms with Gasteiger partial charge < -0.3 is 16.2 Å². The van der Waals surface area contributed by atoms with E-state index < -0.39 is 0 Å². The Balaban J connectivity index is 2.25. The lowest BCUT2D eigenvalue weighted by molar-refractivity contribution is -0.116. The maximum Gasteiger partial charge on any atom is 0.243 e. The van der Waals surface area contributed by atoms with Crippen molar-refractivity contribution >= 4 is 12.0 Å². The molecule has 4 nitrogen and oxygen atoms in total. The van der Waals surface area contributed by atoms with Crippen LogP contribution in [0.5, 0.6) is 5.75 Å². The van der Waals surface area contributed by atoms with E-state index in [0.717, 1.165) is 24.8 Å². The molecular weight excluding hydrogens is 228 g/mol. The summed E-state index contributed by atoms with van der Waals surface area (Å²) in [4.78, 5) is 11.4. The summed E-state index contributed by atoms with van der Waals surface area (Å²) in [5.74, 6) is 0.118. The van der Waals surface area contributed by atoms with Crippen molar-refractivity contribution < 1.29 is 9.90 Å². The van der Waals surface area contributed by atoms with Gasteiger partial charge in [-0.1, -0.05) is 18.6 Å². The van der Waals surface area contributed by atoms with Gasteiger partial charge in [0.1, 0.15) is 5.75 Å². The highest BCUT2D eigenvalue weighted by Gasteiger charge is 1.95. The molecular formula is C14H20N2O2. The number of hydrogen-bond donors (Lipinski definition) is 3. The average molecular weight is 248 g/mol. The van der Waals surface area contributed by atoms with Gasteiger partial charge >= 0.3 is 0 Å². The van der Waals surface area contributed by atoms with E-state index in [1.165, 1.54) is 6.08 Å². The van der Waals surface area contributed by atoms with Gasteiger partial charge in [0.05, 0.1) is 0 Å². The molecule has 18 heavy (non-hydrogen) atoms. The summed E-state index contributed by atoms with van der Waals surface area (Å²) in [7, 11) is 0. The molecule has 1 aromatic carbocycles. The molecule has 0 aliphatic rings. The van der Waals surface area contributed by atoms with Gasteiger partial charge in [0.15, 0.2) is 0 Å². The quantitative estimate of drug-likeness (QED) is 0.507. The first kappa shape index (κ1) is 14.3. The Morgan fingerprint density at radius 2 is 1.94 bits per heavy atom. The SMILES string of the molecule is NCCCCCNC(=O)/C=C/c1ccc(O)cc1. The van der Waals surface area contributed by atoms with Crippen LogP contribution < -0.4 is 11.1 Å². The summed E-state index contributed by atoms with van der Waals surface area (Å²) >= 11 is 0. The van der Waals surface area contributed by atoms with Crippen molar-refractivity contribution in [1.82, 2.24) is 5.32 Å². The summed E-state index contributed by atoms with van der Waals surface area (Å²) in [5, 5.41) is 11.9. The average Bonchev–Trinajstić information content (AvgIpc) is 2.38. The lowest BCUT2D eigenvalue weighted by atomic mass is 10.2. The molecule has 0 aliphatic carbocycles. The third-order valence-corrected chi connectivity index (χ3v) is 2.50. The minimum atomic E-state index is -0.101. The van der Waals surface area contributed by atoms with Gasteiger partial charge in [0.2, 0.25) is 5.91 Å². The van der Waals surface area contributed by atoms with Crippen LogP contribution in [-0.4, -0.2) is 24.1 Å². The van der Waals surface area contributed by atoms with E-state index in [9.17, 15) is 4.79 Å². The number of amides is 1. The minimum Gasteiger partial charge on any atom is -0.508 e. The zero-order valence-corrected chi connectivity index (χ0v) is 10.4. The lowest BCUT2D eigenvalue weighted by Gasteiger charge is -2.01. The molecule has 0 aromatic heterocycles. The fourth-order valence-electron chi connectivity index (χ4n) is 1.47. The van der Waals surface area contributed by atoms with Crippen LogP contribution in [-0.2, 0) is 4.79 Å². The van der Waals surface area contributed by atoms with Crippen molar-refractivity contribution in [3.63, 3.8) is 0 Å². The Morgan fingerprint density at radius 1 is 1.22 bits per heavy atom. The summed E-state index contributed by atoms with van der Waals surface area (Å²) < 4.78 is 0. The largest absolute Gasteiger partial charge is 0.508 e. The first-order valence-corrected chi connectivity index (χ1v) is 6.17. The number of phenols is 1. The Bertz CT molecular complexity index is 385. The Labute approximate surface area is 108 Å². The maximum atomic E-state index is 11.4. The van der Waals surface area contributed by atoms with Crippen LogP contribution >= 0.6 is 0 Å². The molecule has 0 saturated carbocycles. The number of aromatic hydroxyl groups is 1. The van der Waals surface area contributed by atoms with E-state index in [1.807, 2.05) is 0 Å². The molecule has 0 spiro atoms. The van der Waals surface area contributed by atoms with Crippen LogP contribution in [0.3, 0.4) is 0 Å². The predicted molar refractivity (Wildman–Crippen MR) is 73.1 cm³/mol. The van der Waals surface area contributed by atoms with Gasteiger partial charge in [-0.05, 0) is 43.2 Å². The first-order chi connectivity index (χ1) is 8.72. The lowest BCUT2D eigenvalue weighted by Crippen LogP contribution is -2.22. The molecule has 0 atom stereocenters. The van der Waals surface area contributed by atoms with Gasteiger partial charge in [0.25, 0.3) is 0 Å². The van der Waals surface area contributed by atoms with Crippen molar-refractivity contribution in [3.05, 3.63) is 35.9 Å². The number of phenolic OH excluding ortho intramolecular Hbond substituents is 1. The summed E-state index contributed by atoms with van der Waals surface area (Å²) in [6.07, 6.45) is 6.21. The molecule has 0 bridgehead atoms. The number of rotatable bonds is 7. The van der Waals surface area contributed by atoms with Gasteiger partial charge in [-0.15, -0.1) is 0 Å². The first-order valence-electron chi connectivity index (χ1n) is 6.17. The summed E-state index contributed by atoms with van der Waals surface area (Å²) in [6, 6.07) is 6.68. The molecule has 1 aromatic rings. The highest BCUT2D eigenvalue weighted by atomic mass is 16.3. The molecule has 4 N–H and O–H groups in total. The van der Waals surface area contributed by atoms with E-state index >= 15 is 0 Å².